The van der Waals surface area contributed by atoms with Crippen LogP contribution < -0.4 is 11.1 Å². The molecule has 0 unspecified atom stereocenters. The minimum Gasteiger partial charge on any atom is -0.314 e. The monoisotopic (exact) mass is 239 g/mol. The van der Waals surface area contributed by atoms with E-state index in [4.69, 9.17) is 0 Å². The SMILES string of the molecule is [NH3+]C(=O)C(=O)Nc1cccc(C(=O)P=O)c1. The highest BCUT2D eigenvalue weighted by Gasteiger charge is 2.13. The molecule has 0 bridgehead atoms. The molecule has 0 aliphatic rings. The average Bonchev–Trinajstić information content (AvgIpc) is 2.28. The number of rotatable bonds is 3. The van der Waals surface area contributed by atoms with E-state index in [1.165, 1.54) is 24.3 Å². The van der Waals surface area contributed by atoms with Crippen LogP contribution >= 0.6 is 8.46 Å². The zero-order chi connectivity index (χ0) is 12.1. The molecular formula is C9H8N2O4P+. The Labute approximate surface area is 92.0 Å². The summed E-state index contributed by atoms with van der Waals surface area (Å²) in [6.45, 7) is 0. The first-order valence-electron chi connectivity index (χ1n) is 4.19. The topological polar surface area (TPSA) is 108 Å². The van der Waals surface area contributed by atoms with Crippen LogP contribution in [0.3, 0.4) is 0 Å². The molecule has 0 heterocycles. The molecule has 2 amide bonds. The van der Waals surface area contributed by atoms with Crippen molar-refractivity contribution in [2.24, 2.45) is 0 Å². The number of benzene rings is 1. The average molecular weight is 239 g/mol. The number of amides is 2. The van der Waals surface area contributed by atoms with E-state index in [0.29, 0.717) is 0 Å². The van der Waals surface area contributed by atoms with Gasteiger partial charge in [0.25, 0.3) is 5.52 Å². The fourth-order valence-electron chi connectivity index (χ4n) is 0.983. The van der Waals surface area contributed by atoms with Crippen LogP contribution in [0.25, 0.3) is 0 Å². The summed E-state index contributed by atoms with van der Waals surface area (Å²) < 4.78 is 10.3. The summed E-state index contributed by atoms with van der Waals surface area (Å²) >= 11 is 0. The molecule has 1 aromatic carbocycles. The van der Waals surface area contributed by atoms with Gasteiger partial charge in [0.2, 0.25) is 8.46 Å². The third-order valence-corrected chi connectivity index (χ3v) is 2.13. The van der Waals surface area contributed by atoms with Gasteiger partial charge < -0.3 is 5.32 Å². The first kappa shape index (κ1) is 12.2. The highest BCUT2D eigenvalue weighted by Crippen LogP contribution is 2.14. The van der Waals surface area contributed by atoms with E-state index in [1.807, 2.05) is 0 Å². The molecule has 1 aromatic rings. The van der Waals surface area contributed by atoms with E-state index in [0.717, 1.165) is 0 Å². The summed E-state index contributed by atoms with van der Waals surface area (Å²) in [5.74, 6) is -1.75. The molecular weight excluding hydrogens is 231 g/mol. The van der Waals surface area contributed by atoms with Crippen molar-refractivity contribution in [1.29, 1.82) is 0 Å². The van der Waals surface area contributed by atoms with Crippen LogP contribution in [0.1, 0.15) is 10.4 Å². The molecule has 1 rings (SSSR count). The summed E-state index contributed by atoms with van der Waals surface area (Å²) in [5, 5.41) is 2.25. The normalized spacial score (nSPS) is 9.81. The van der Waals surface area contributed by atoms with Crippen LogP contribution in [0.4, 0.5) is 5.69 Å². The van der Waals surface area contributed by atoms with Gasteiger partial charge in [0.15, 0.2) is 0 Å². The van der Waals surface area contributed by atoms with Gasteiger partial charge in [0.05, 0.1) is 0 Å². The molecule has 6 nitrogen and oxygen atoms in total. The first-order valence-corrected chi connectivity index (χ1v) is 5.01. The third kappa shape index (κ3) is 3.05. The van der Waals surface area contributed by atoms with Crippen molar-refractivity contribution in [3.8, 4) is 0 Å². The molecule has 0 aromatic heterocycles. The Balaban J connectivity index is 2.91. The van der Waals surface area contributed by atoms with Gasteiger partial charge in [-0.15, -0.1) is 0 Å². The Morgan fingerprint density at radius 2 is 1.94 bits per heavy atom. The predicted molar refractivity (Wildman–Crippen MR) is 54.9 cm³/mol. The number of carbonyl (C=O) groups is 3. The molecule has 0 spiro atoms. The van der Waals surface area contributed by atoms with Crippen LogP contribution in [0, 0.1) is 0 Å². The molecule has 0 aliphatic heterocycles. The van der Waals surface area contributed by atoms with Gasteiger partial charge >= 0.3 is 11.8 Å². The van der Waals surface area contributed by atoms with E-state index in [2.05, 4.69) is 11.1 Å². The second kappa shape index (κ2) is 5.25. The molecule has 0 saturated heterocycles. The van der Waals surface area contributed by atoms with Crippen LogP contribution in [-0.4, -0.2) is 17.3 Å². The maximum Gasteiger partial charge on any atom is 0.399 e. The Morgan fingerprint density at radius 1 is 1.25 bits per heavy atom. The zero-order valence-electron chi connectivity index (χ0n) is 8.10. The van der Waals surface area contributed by atoms with Gasteiger partial charge in [-0.25, -0.2) is 4.79 Å². The Hall–Kier alpha value is -1.91. The van der Waals surface area contributed by atoms with Crippen LogP contribution in [-0.2, 0) is 14.2 Å². The largest absolute Gasteiger partial charge is 0.399 e. The summed E-state index contributed by atoms with van der Waals surface area (Å²) in [5.41, 5.74) is 2.80. The lowest BCUT2D eigenvalue weighted by Gasteiger charge is -2.01. The van der Waals surface area contributed by atoms with Gasteiger partial charge in [-0.2, -0.15) is 0 Å². The Bertz CT molecular complexity index is 472. The summed E-state index contributed by atoms with van der Waals surface area (Å²) in [6, 6.07) is 5.78. The number of nitrogens with one attached hydrogen (secondary N) is 1. The van der Waals surface area contributed by atoms with Crippen molar-refractivity contribution in [3.05, 3.63) is 29.8 Å². The molecule has 82 valence electrons. The highest BCUT2D eigenvalue weighted by atomic mass is 31.1. The van der Waals surface area contributed by atoms with Gasteiger partial charge in [-0.1, -0.05) is 12.1 Å². The van der Waals surface area contributed by atoms with Crippen molar-refractivity contribution in [3.63, 3.8) is 0 Å². The first-order chi connectivity index (χ1) is 7.54. The Kier molecular flexibility index (Phi) is 3.99. The fraction of sp³-hybridized carbons (Fsp3) is 0. The molecule has 0 fully saturated rings. The van der Waals surface area contributed by atoms with E-state index >= 15 is 0 Å². The smallest absolute Gasteiger partial charge is 0.314 e. The van der Waals surface area contributed by atoms with E-state index in [-0.39, 0.29) is 11.3 Å². The predicted octanol–water partition coefficient (Wildman–Crippen LogP) is -0.175. The minimum atomic E-state index is -0.876. The van der Waals surface area contributed by atoms with E-state index < -0.39 is 25.8 Å². The van der Waals surface area contributed by atoms with Crippen LogP contribution in [0.5, 0.6) is 0 Å². The second-order valence-electron chi connectivity index (χ2n) is 2.85. The maximum atomic E-state index is 11.1. The van der Waals surface area contributed by atoms with Gasteiger partial charge in [0.1, 0.15) is 0 Å². The fourth-order valence-corrected chi connectivity index (χ4v) is 1.23. The summed E-state index contributed by atoms with van der Waals surface area (Å²) in [7, 11) is -0.627. The second-order valence-corrected chi connectivity index (χ2v) is 3.44. The van der Waals surface area contributed by atoms with Crippen molar-refractivity contribution in [2.45, 2.75) is 0 Å². The van der Waals surface area contributed by atoms with Crippen molar-refractivity contribution in [1.82, 2.24) is 0 Å². The zero-order valence-corrected chi connectivity index (χ0v) is 8.99. The van der Waals surface area contributed by atoms with E-state index in [1.54, 1.807) is 0 Å². The number of hydrogen-bond donors (Lipinski definition) is 2. The summed E-state index contributed by atoms with van der Waals surface area (Å²) in [4.78, 5) is 32.6. The lowest BCUT2D eigenvalue weighted by molar-refractivity contribution is -0.299. The van der Waals surface area contributed by atoms with Crippen LogP contribution in [0.2, 0.25) is 0 Å². The van der Waals surface area contributed by atoms with Crippen LogP contribution in [0.15, 0.2) is 24.3 Å². The number of quaternary nitrogens is 1. The van der Waals surface area contributed by atoms with Crippen molar-refractivity contribution < 1.29 is 24.7 Å². The lowest BCUT2D eigenvalue weighted by atomic mass is 10.2. The Morgan fingerprint density at radius 3 is 2.50 bits per heavy atom. The third-order valence-electron chi connectivity index (χ3n) is 1.70. The van der Waals surface area contributed by atoms with Crippen molar-refractivity contribution >= 4 is 31.5 Å². The van der Waals surface area contributed by atoms with Gasteiger partial charge in [-0.05, 0) is 12.1 Å². The van der Waals surface area contributed by atoms with Crippen molar-refractivity contribution in [2.75, 3.05) is 5.32 Å². The standard InChI is InChI=1S/C9H7N2O4P/c10-7(12)8(13)11-6-3-1-2-5(4-6)9(14)16-15/h1-4H,(H2,10,12)(H,11,13)/p+1. The molecule has 0 aliphatic carbocycles. The van der Waals surface area contributed by atoms with Gasteiger partial charge in [0, 0.05) is 11.3 Å². The highest BCUT2D eigenvalue weighted by molar-refractivity contribution is 7.47. The van der Waals surface area contributed by atoms with Gasteiger partial charge in [-0.3, -0.25) is 19.9 Å². The molecule has 0 atom stereocenters. The molecule has 16 heavy (non-hydrogen) atoms. The van der Waals surface area contributed by atoms with E-state index in [9.17, 15) is 18.9 Å². The molecule has 0 radical (unpaired) electrons. The molecule has 7 heteroatoms. The summed E-state index contributed by atoms with van der Waals surface area (Å²) in [6.07, 6.45) is 0. The maximum absolute atomic E-state index is 11.1. The number of anilines is 1. The molecule has 4 N–H and O–H groups in total. The number of hydrogen-bond acceptors (Lipinski definition) is 4. The molecule has 0 saturated carbocycles. The lowest BCUT2D eigenvalue weighted by Crippen LogP contribution is -2.62. The quantitative estimate of drug-likeness (QED) is 0.563. The number of carbonyl (C=O) groups excluding carboxylic acids is 3. The minimum absolute atomic E-state index is 0.186.